The highest BCUT2D eigenvalue weighted by atomic mass is 79.9. The van der Waals surface area contributed by atoms with Crippen molar-refractivity contribution in [1.82, 2.24) is 20.5 Å². The first-order chi connectivity index (χ1) is 7.27. The lowest BCUT2D eigenvalue weighted by Crippen LogP contribution is -2.23. The van der Waals surface area contributed by atoms with Crippen molar-refractivity contribution in [2.24, 2.45) is 0 Å². The number of H-pyrrole nitrogens is 1. The molecule has 15 heavy (non-hydrogen) atoms. The van der Waals surface area contributed by atoms with Gasteiger partial charge in [-0.15, -0.1) is 0 Å². The number of carbonyl (C=O) groups excluding carboxylic acids is 1. The van der Waals surface area contributed by atoms with Crippen LogP contribution < -0.4 is 5.32 Å². The van der Waals surface area contributed by atoms with Gasteiger partial charge in [0.25, 0.3) is 5.91 Å². The second kappa shape index (κ2) is 4.26. The molecule has 0 aromatic carbocycles. The van der Waals surface area contributed by atoms with Crippen LogP contribution in [0.2, 0.25) is 0 Å². The van der Waals surface area contributed by atoms with Gasteiger partial charge in [0, 0.05) is 0 Å². The lowest BCUT2D eigenvalue weighted by Gasteiger charge is -2.00. The second-order valence-corrected chi connectivity index (χ2v) is 3.44. The van der Waals surface area contributed by atoms with Crippen molar-refractivity contribution in [1.29, 1.82) is 0 Å². The Bertz CT molecular complexity index is 451. The zero-order chi connectivity index (χ0) is 10.7. The first-order valence-corrected chi connectivity index (χ1v) is 4.92. The number of aromatic amines is 1. The maximum absolute atomic E-state index is 11.6. The third-order valence-corrected chi connectivity index (χ3v) is 2.36. The van der Waals surface area contributed by atoms with Crippen molar-refractivity contribution in [3.8, 4) is 0 Å². The van der Waals surface area contributed by atoms with Gasteiger partial charge in [-0.1, -0.05) is 0 Å². The molecule has 2 aromatic rings. The zero-order valence-electron chi connectivity index (χ0n) is 7.53. The Morgan fingerprint density at radius 3 is 3.13 bits per heavy atom. The van der Waals surface area contributed by atoms with Crippen LogP contribution in [-0.4, -0.2) is 21.1 Å². The van der Waals surface area contributed by atoms with E-state index >= 15 is 0 Å². The van der Waals surface area contributed by atoms with Crippen molar-refractivity contribution in [2.75, 3.05) is 0 Å². The molecule has 1 amide bonds. The van der Waals surface area contributed by atoms with Crippen LogP contribution in [-0.2, 0) is 6.54 Å². The fourth-order valence-electron chi connectivity index (χ4n) is 1.03. The van der Waals surface area contributed by atoms with E-state index < -0.39 is 0 Å². The summed E-state index contributed by atoms with van der Waals surface area (Å²) in [5.41, 5.74) is 0.453. The SMILES string of the molecule is O=C(NCc1ncn[nH]1)c1ccoc1Br. The van der Waals surface area contributed by atoms with Gasteiger partial charge in [-0.25, -0.2) is 4.98 Å². The molecule has 78 valence electrons. The summed E-state index contributed by atoms with van der Waals surface area (Å²) in [7, 11) is 0. The van der Waals surface area contributed by atoms with Gasteiger partial charge in [-0.3, -0.25) is 9.89 Å². The van der Waals surface area contributed by atoms with Crippen molar-refractivity contribution >= 4 is 21.8 Å². The molecule has 7 heteroatoms. The summed E-state index contributed by atoms with van der Waals surface area (Å²) in [6, 6.07) is 1.58. The van der Waals surface area contributed by atoms with Gasteiger partial charge in [0.2, 0.25) is 0 Å². The monoisotopic (exact) mass is 270 g/mol. The van der Waals surface area contributed by atoms with E-state index in [2.05, 4.69) is 36.4 Å². The summed E-state index contributed by atoms with van der Waals surface area (Å²) in [6.07, 6.45) is 2.82. The van der Waals surface area contributed by atoms with Crippen LogP contribution in [0.1, 0.15) is 16.2 Å². The maximum Gasteiger partial charge on any atom is 0.256 e. The van der Waals surface area contributed by atoms with Crippen LogP contribution in [0.15, 0.2) is 27.7 Å². The molecule has 2 aromatic heterocycles. The molecular weight excluding hydrogens is 264 g/mol. The minimum atomic E-state index is -0.230. The van der Waals surface area contributed by atoms with E-state index in [-0.39, 0.29) is 5.91 Å². The number of amides is 1. The number of rotatable bonds is 3. The van der Waals surface area contributed by atoms with Gasteiger partial charge in [0.05, 0.1) is 18.4 Å². The van der Waals surface area contributed by atoms with E-state index in [0.29, 0.717) is 22.6 Å². The Balaban J connectivity index is 1.96. The predicted octanol–water partition coefficient (Wildman–Crippen LogP) is 1.09. The summed E-state index contributed by atoms with van der Waals surface area (Å²) >= 11 is 3.12. The predicted molar refractivity (Wildman–Crippen MR) is 54.0 cm³/mol. The normalized spacial score (nSPS) is 10.2. The number of aromatic nitrogens is 3. The first-order valence-electron chi connectivity index (χ1n) is 4.13. The average Bonchev–Trinajstić information content (AvgIpc) is 2.84. The molecule has 0 aliphatic heterocycles. The molecule has 0 unspecified atom stereocenters. The van der Waals surface area contributed by atoms with E-state index in [1.165, 1.54) is 12.6 Å². The number of nitrogens with one attached hydrogen (secondary N) is 2. The van der Waals surface area contributed by atoms with Crippen LogP contribution in [0.3, 0.4) is 0 Å². The lowest BCUT2D eigenvalue weighted by atomic mass is 10.3. The minimum absolute atomic E-state index is 0.230. The van der Waals surface area contributed by atoms with Crippen molar-refractivity contribution in [3.05, 3.63) is 34.7 Å². The van der Waals surface area contributed by atoms with E-state index in [1.54, 1.807) is 6.07 Å². The molecule has 0 atom stereocenters. The summed E-state index contributed by atoms with van der Waals surface area (Å²) in [5, 5.41) is 8.97. The molecule has 2 heterocycles. The summed E-state index contributed by atoms with van der Waals surface area (Å²) in [4.78, 5) is 15.4. The van der Waals surface area contributed by atoms with Crippen LogP contribution in [0, 0.1) is 0 Å². The molecule has 0 aliphatic rings. The molecule has 6 nitrogen and oxygen atoms in total. The summed E-state index contributed by atoms with van der Waals surface area (Å²) in [6.45, 7) is 0.302. The van der Waals surface area contributed by atoms with Gasteiger partial charge in [-0.05, 0) is 22.0 Å². The highest BCUT2D eigenvalue weighted by Gasteiger charge is 2.12. The van der Waals surface area contributed by atoms with Crippen LogP contribution >= 0.6 is 15.9 Å². The number of carbonyl (C=O) groups is 1. The van der Waals surface area contributed by atoms with Crippen molar-refractivity contribution in [2.45, 2.75) is 6.54 Å². The third kappa shape index (κ3) is 2.24. The fraction of sp³-hybridized carbons (Fsp3) is 0.125. The molecule has 0 aliphatic carbocycles. The average molecular weight is 271 g/mol. The molecule has 0 fully saturated rings. The van der Waals surface area contributed by atoms with Gasteiger partial charge in [0.1, 0.15) is 12.2 Å². The number of hydrogen-bond acceptors (Lipinski definition) is 4. The van der Waals surface area contributed by atoms with Crippen molar-refractivity contribution in [3.63, 3.8) is 0 Å². The van der Waals surface area contributed by atoms with E-state index in [9.17, 15) is 4.79 Å². The third-order valence-electron chi connectivity index (χ3n) is 1.74. The molecule has 0 radical (unpaired) electrons. The highest BCUT2D eigenvalue weighted by molar-refractivity contribution is 9.10. The number of nitrogens with zero attached hydrogens (tertiary/aromatic N) is 2. The summed E-state index contributed by atoms with van der Waals surface area (Å²) < 4.78 is 5.36. The Kier molecular flexibility index (Phi) is 2.82. The molecule has 0 bridgehead atoms. The highest BCUT2D eigenvalue weighted by Crippen LogP contribution is 2.16. The van der Waals surface area contributed by atoms with Crippen LogP contribution in [0.5, 0.6) is 0 Å². The molecule has 2 rings (SSSR count). The standard InChI is InChI=1S/C8H7BrN4O2/c9-7-5(1-2-15-7)8(14)10-3-6-11-4-12-13-6/h1-2,4H,3H2,(H,10,14)(H,11,12,13). The summed E-state index contributed by atoms with van der Waals surface area (Å²) in [5.74, 6) is 0.370. The Labute approximate surface area is 93.2 Å². The fourth-order valence-corrected chi connectivity index (χ4v) is 1.45. The van der Waals surface area contributed by atoms with Gasteiger partial charge < -0.3 is 9.73 Å². The van der Waals surface area contributed by atoms with Gasteiger partial charge >= 0.3 is 0 Å². The number of furan rings is 1. The largest absolute Gasteiger partial charge is 0.457 e. The smallest absolute Gasteiger partial charge is 0.256 e. The molecular formula is C8H7BrN4O2. The van der Waals surface area contributed by atoms with Gasteiger partial charge in [-0.2, -0.15) is 5.10 Å². The molecule has 0 saturated carbocycles. The molecule has 0 saturated heterocycles. The topological polar surface area (TPSA) is 83.8 Å². The first kappa shape index (κ1) is 9.91. The maximum atomic E-state index is 11.6. The van der Waals surface area contributed by atoms with Crippen LogP contribution in [0.25, 0.3) is 0 Å². The van der Waals surface area contributed by atoms with Crippen molar-refractivity contribution < 1.29 is 9.21 Å². The van der Waals surface area contributed by atoms with E-state index in [1.807, 2.05) is 0 Å². The molecule has 2 N–H and O–H groups in total. The number of halogens is 1. The van der Waals surface area contributed by atoms with E-state index in [4.69, 9.17) is 4.42 Å². The molecule has 0 spiro atoms. The van der Waals surface area contributed by atoms with Crippen LogP contribution in [0.4, 0.5) is 0 Å². The quantitative estimate of drug-likeness (QED) is 0.875. The number of hydrogen-bond donors (Lipinski definition) is 2. The van der Waals surface area contributed by atoms with Gasteiger partial charge in [0.15, 0.2) is 4.67 Å². The van der Waals surface area contributed by atoms with E-state index in [0.717, 1.165) is 0 Å². The Hall–Kier alpha value is -1.63. The minimum Gasteiger partial charge on any atom is -0.457 e. The Morgan fingerprint density at radius 1 is 1.67 bits per heavy atom. The second-order valence-electron chi connectivity index (χ2n) is 2.72. The zero-order valence-corrected chi connectivity index (χ0v) is 9.11. The lowest BCUT2D eigenvalue weighted by molar-refractivity contribution is 0.0948. The Morgan fingerprint density at radius 2 is 2.53 bits per heavy atom.